The minimum Gasteiger partial charge on any atom is -0.296 e. The van der Waals surface area contributed by atoms with E-state index in [1.54, 1.807) is 12.1 Å². The van der Waals surface area contributed by atoms with Crippen LogP contribution in [0.2, 0.25) is 0 Å². The molecule has 7 heteroatoms. The Morgan fingerprint density at radius 3 is 2.37 bits per heavy atom. The van der Waals surface area contributed by atoms with Crippen LogP contribution >= 0.6 is 23.1 Å². The minimum absolute atomic E-state index is 0.0465. The molecule has 0 radical (unpaired) electrons. The van der Waals surface area contributed by atoms with Crippen molar-refractivity contribution in [3.05, 3.63) is 71.0 Å². The van der Waals surface area contributed by atoms with Crippen molar-refractivity contribution in [3.63, 3.8) is 0 Å². The molecule has 4 nitrogen and oxygen atoms in total. The SMILES string of the molecule is CC(C)(C)c1ccc(C(=O)Nc2nnc(SCc3ccc(F)cc3)s2)cc1. The fourth-order valence-electron chi connectivity index (χ4n) is 2.34. The molecule has 3 aromatic rings. The lowest BCUT2D eigenvalue weighted by molar-refractivity contribution is 0.102. The van der Waals surface area contributed by atoms with Crippen molar-refractivity contribution in [2.24, 2.45) is 0 Å². The van der Waals surface area contributed by atoms with E-state index in [1.807, 2.05) is 24.3 Å². The second-order valence-corrected chi connectivity index (χ2v) is 9.27. The standard InChI is InChI=1S/C20H20FN3OS2/c1-20(2,3)15-8-6-14(7-9-15)17(25)22-18-23-24-19(27-18)26-12-13-4-10-16(21)11-5-13/h4-11H,12H2,1-3H3,(H,22,23,25). The highest BCUT2D eigenvalue weighted by Gasteiger charge is 2.15. The molecule has 0 saturated heterocycles. The molecule has 3 rings (SSSR count). The molecule has 0 unspecified atom stereocenters. The van der Waals surface area contributed by atoms with Crippen LogP contribution in [-0.2, 0) is 11.2 Å². The van der Waals surface area contributed by atoms with Gasteiger partial charge >= 0.3 is 0 Å². The van der Waals surface area contributed by atoms with Crippen molar-refractivity contribution in [1.82, 2.24) is 10.2 Å². The van der Waals surface area contributed by atoms with Crippen LogP contribution in [0.3, 0.4) is 0 Å². The van der Waals surface area contributed by atoms with Gasteiger partial charge in [0.25, 0.3) is 5.91 Å². The number of hydrogen-bond donors (Lipinski definition) is 1. The number of thioether (sulfide) groups is 1. The van der Waals surface area contributed by atoms with Crippen molar-refractivity contribution < 1.29 is 9.18 Å². The molecule has 0 aliphatic heterocycles. The molecule has 1 heterocycles. The lowest BCUT2D eigenvalue weighted by Crippen LogP contribution is -2.14. The van der Waals surface area contributed by atoms with Crippen LogP contribution in [-0.4, -0.2) is 16.1 Å². The zero-order valence-electron chi connectivity index (χ0n) is 15.3. The zero-order chi connectivity index (χ0) is 19.4. The summed E-state index contributed by atoms with van der Waals surface area (Å²) in [6, 6.07) is 13.9. The Morgan fingerprint density at radius 1 is 1.07 bits per heavy atom. The Morgan fingerprint density at radius 2 is 1.74 bits per heavy atom. The molecule has 0 aliphatic rings. The van der Waals surface area contributed by atoms with E-state index in [9.17, 15) is 9.18 Å². The summed E-state index contributed by atoms with van der Waals surface area (Å²) in [5, 5.41) is 11.4. The maximum absolute atomic E-state index is 12.9. The van der Waals surface area contributed by atoms with Crippen molar-refractivity contribution in [2.45, 2.75) is 36.3 Å². The first-order valence-corrected chi connectivity index (χ1v) is 10.2. The number of hydrogen-bond acceptors (Lipinski definition) is 5. The number of benzene rings is 2. The number of carbonyl (C=O) groups is 1. The van der Waals surface area contributed by atoms with Gasteiger partial charge in [0.15, 0.2) is 4.34 Å². The van der Waals surface area contributed by atoms with E-state index in [1.165, 1.54) is 40.8 Å². The number of nitrogens with zero attached hydrogens (tertiary/aromatic N) is 2. The third-order valence-corrected chi connectivity index (χ3v) is 5.96. The number of anilines is 1. The number of rotatable bonds is 5. The highest BCUT2D eigenvalue weighted by Crippen LogP contribution is 2.29. The van der Waals surface area contributed by atoms with E-state index in [0.717, 1.165) is 9.90 Å². The van der Waals surface area contributed by atoms with E-state index in [2.05, 4.69) is 36.3 Å². The topological polar surface area (TPSA) is 54.9 Å². The van der Waals surface area contributed by atoms with Gasteiger partial charge in [-0.3, -0.25) is 10.1 Å². The van der Waals surface area contributed by atoms with E-state index < -0.39 is 0 Å². The third kappa shape index (κ3) is 5.37. The Kier molecular flexibility index (Phi) is 5.92. The average Bonchev–Trinajstić information content (AvgIpc) is 3.08. The molecule has 0 saturated carbocycles. The van der Waals surface area contributed by atoms with Crippen LogP contribution in [0, 0.1) is 5.82 Å². The second-order valence-electron chi connectivity index (χ2n) is 7.07. The predicted molar refractivity (Wildman–Crippen MR) is 109 cm³/mol. The summed E-state index contributed by atoms with van der Waals surface area (Å²) in [6.07, 6.45) is 0. The number of aromatic nitrogens is 2. The van der Waals surface area contributed by atoms with Gasteiger partial charge in [0.2, 0.25) is 5.13 Å². The van der Waals surface area contributed by atoms with Crippen LogP contribution in [0.1, 0.15) is 42.3 Å². The smallest absolute Gasteiger partial charge is 0.257 e. The molecule has 1 aromatic heterocycles. The Bertz CT molecular complexity index is 916. The normalized spacial score (nSPS) is 11.4. The van der Waals surface area contributed by atoms with Crippen LogP contribution in [0.5, 0.6) is 0 Å². The highest BCUT2D eigenvalue weighted by atomic mass is 32.2. The summed E-state index contributed by atoms with van der Waals surface area (Å²) in [6.45, 7) is 6.40. The van der Waals surface area contributed by atoms with Gasteiger partial charge in [-0.1, -0.05) is 68.1 Å². The molecular weight excluding hydrogens is 381 g/mol. The maximum Gasteiger partial charge on any atom is 0.257 e. The summed E-state index contributed by atoms with van der Waals surface area (Å²) >= 11 is 2.82. The molecule has 0 aliphatic carbocycles. The van der Waals surface area contributed by atoms with Crippen molar-refractivity contribution in [1.29, 1.82) is 0 Å². The number of amides is 1. The van der Waals surface area contributed by atoms with Gasteiger partial charge < -0.3 is 0 Å². The summed E-state index contributed by atoms with van der Waals surface area (Å²) < 4.78 is 13.7. The van der Waals surface area contributed by atoms with Crippen LogP contribution in [0.15, 0.2) is 52.9 Å². The van der Waals surface area contributed by atoms with Crippen molar-refractivity contribution >= 4 is 34.1 Å². The number of carbonyl (C=O) groups excluding carboxylic acids is 1. The fraction of sp³-hybridized carbons (Fsp3) is 0.250. The summed E-state index contributed by atoms with van der Waals surface area (Å²) in [7, 11) is 0. The predicted octanol–water partition coefficient (Wildman–Crippen LogP) is 5.52. The molecule has 0 atom stereocenters. The quantitative estimate of drug-likeness (QED) is 0.452. The highest BCUT2D eigenvalue weighted by molar-refractivity contribution is 8.00. The van der Waals surface area contributed by atoms with E-state index in [4.69, 9.17) is 0 Å². The lowest BCUT2D eigenvalue weighted by atomic mass is 9.87. The second kappa shape index (κ2) is 8.19. The first-order valence-electron chi connectivity index (χ1n) is 8.44. The van der Waals surface area contributed by atoms with Gasteiger partial charge in [-0.2, -0.15) is 0 Å². The summed E-state index contributed by atoms with van der Waals surface area (Å²) in [4.78, 5) is 12.4. The van der Waals surface area contributed by atoms with Gasteiger partial charge in [0.05, 0.1) is 0 Å². The maximum atomic E-state index is 12.9. The Balaban J connectivity index is 1.58. The molecule has 27 heavy (non-hydrogen) atoms. The van der Waals surface area contributed by atoms with E-state index in [-0.39, 0.29) is 17.1 Å². The van der Waals surface area contributed by atoms with Gasteiger partial charge in [0, 0.05) is 11.3 Å². The fourth-order valence-corrected chi connectivity index (χ4v) is 4.04. The van der Waals surface area contributed by atoms with Crippen LogP contribution < -0.4 is 5.32 Å². The molecule has 140 valence electrons. The minimum atomic E-state index is -0.250. The molecule has 2 aromatic carbocycles. The molecule has 1 amide bonds. The third-order valence-electron chi connectivity index (χ3n) is 3.92. The molecule has 1 N–H and O–H groups in total. The largest absolute Gasteiger partial charge is 0.296 e. The van der Waals surface area contributed by atoms with Crippen molar-refractivity contribution in [3.8, 4) is 0 Å². The lowest BCUT2D eigenvalue weighted by Gasteiger charge is -2.18. The van der Waals surface area contributed by atoms with Crippen molar-refractivity contribution in [2.75, 3.05) is 5.32 Å². The molecule has 0 fully saturated rings. The average molecular weight is 402 g/mol. The molecule has 0 bridgehead atoms. The first kappa shape index (κ1) is 19.5. The molecular formula is C20H20FN3OS2. The summed E-state index contributed by atoms with van der Waals surface area (Å²) in [5.41, 5.74) is 2.81. The number of halogens is 1. The van der Waals surface area contributed by atoms with Gasteiger partial charge in [-0.15, -0.1) is 10.2 Å². The van der Waals surface area contributed by atoms with Gasteiger partial charge in [-0.05, 0) is 40.8 Å². The van der Waals surface area contributed by atoms with Crippen LogP contribution in [0.4, 0.5) is 9.52 Å². The molecule has 0 spiro atoms. The van der Waals surface area contributed by atoms with Gasteiger partial charge in [-0.25, -0.2) is 4.39 Å². The van der Waals surface area contributed by atoms with E-state index >= 15 is 0 Å². The Labute approximate surface area is 166 Å². The zero-order valence-corrected chi connectivity index (χ0v) is 17.0. The van der Waals surface area contributed by atoms with E-state index in [0.29, 0.717) is 16.4 Å². The van der Waals surface area contributed by atoms with Gasteiger partial charge in [0.1, 0.15) is 5.82 Å². The van der Waals surface area contributed by atoms with Crippen LogP contribution in [0.25, 0.3) is 0 Å². The Hall–Kier alpha value is -2.25. The number of nitrogens with one attached hydrogen (secondary N) is 1. The monoisotopic (exact) mass is 401 g/mol. The first-order chi connectivity index (χ1) is 12.8. The summed E-state index contributed by atoms with van der Waals surface area (Å²) in [5.74, 6) is 0.207.